The Morgan fingerprint density at radius 1 is 1.31 bits per heavy atom. The summed E-state index contributed by atoms with van der Waals surface area (Å²) in [6.45, 7) is 1.84. The Bertz CT molecular complexity index is 306. The van der Waals surface area contributed by atoms with Gasteiger partial charge in [0.2, 0.25) is 0 Å². The highest BCUT2D eigenvalue weighted by atomic mass is 32.2. The quantitative estimate of drug-likeness (QED) is 0.559. The van der Waals surface area contributed by atoms with Crippen molar-refractivity contribution >= 4 is 17.9 Å². The number of nitrogens with two attached hydrogens (primary N) is 1. The number of thioether (sulfide) groups is 1. The molecule has 1 aromatic carbocycles. The minimum Gasteiger partial charge on any atom is -0.448 e. The van der Waals surface area contributed by atoms with E-state index in [-0.39, 0.29) is 0 Å². The summed E-state index contributed by atoms with van der Waals surface area (Å²) in [6.07, 6.45) is -0.722. The lowest BCUT2D eigenvalue weighted by molar-refractivity contribution is 0.157. The molecule has 1 aromatic rings. The highest BCUT2D eigenvalue weighted by Gasteiger charge is 1.94. The van der Waals surface area contributed by atoms with Crippen LogP contribution in [0.1, 0.15) is 0 Å². The van der Waals surface area contributed by atoms with Crippen molar-refractivity contribution in [1.29, 1.82) is 0 Å². The summed E-state index contributed by atoms with van der Waals surface area (Å²) in [5, 5.41) is 3.16. The molecule has 3 N–H and O–H groups in total. The molecular formula is C11H16N2O2S. The summed E-state index contributed by atoms with van der Waals surface area (Å²) in [5.41, 5.74) is 4.82. The van der Waals surface area contributed by atoms with Crippen molar-refractivity contribution in [3.8, 4) is 0 Å². The Labute approximate surface area is 99.5 Å². The number of ether oxygens (including phenoxy) is 1. The van der Waals surface area contributed by atoms with E-state index in [4.69, 9.17) is 5.73 Å². The van der Waals surface area contributed by atoms with Gasteiger partial charge in [0.1, 0.15) is 6.61 Å². The molecule has 4 nitrogen and oxygen atoms in total. The van der Waals surface area contributed by atoms with Crippen molar-refractivity contribution in [2.75, 3.05) is 25.4 Å². The summed E-state index contributed by atoms with van der Waals surface area (Å²) in [7, 11) is 0. The number of hydrogen-bond donors (Lipinski definition) is 2. The van der Waals surface area contributed by atoms with Gasteiger partial charge in [0.25, 0.3) is 0 Å². The van der Waals surface area contributed by atoms with Crippen LogP contribution in [0.5, 0.6) is 0 Å². The summed E-state index contributed by atoms with van der Waals surface area (Å²) < 4.78 is 4.58. The maximum absolute atomic E-state index is 10.2. The Kier molecular flexibility index (Phi) is 6.44. The van der Waals surface area contributed by atoms with Crippen LogP contribution in [0.4, 0.5) is 4.79 Å². The maximum Gasteiger partial charge on any atom is 0.404 e. The van der Waals surface area contributed by atoms with Gasteiger partial charge in [-0.25, -0.2) is 4.79 Å². The number of amides is 1. The number of benzene rings is 1. The summed E-state index contributed by atoms with van der Waals surface area (Å²) in [6, 6.07) is 10.2. The Hall–Kier alpha value is -1.20. The lowest BCUT2D eigenvalue weighted by Gasteiger charge is -2.04. The third-order valence-corrected chi connectivity index (χ3v) is 2.83. The molecule has 5 heteroatoms. The molecule has 0 heterocycles. The van der Waals surface area contributed by atoms with Gasteiger partial charge in [-0.1, -0.05) is 18.2 Å². The number of carbonyl (C=O) groups excluding carboxylic acids is 1. The highest BCUT2D eigenvalue weighted by Crippen LogP contribution is 2.15. The molecule has 1 amide bonds. The Morgan fingerprint density at radius 3 is 2.75 bits per heavy atom. The molecule has 0 spiro atoms. The molecule has 16 heavy (non-hydrogen) atoms. The van der Waals surface area contributed by atoms with Gasteiger partial charge in [-0.2, -0.15) is 0 Å². The molecule has 0 unspecified atom stereocenters. The predicted octanol–water partition coefficient (Wildman–Crippen LogP) is 1.46. The number of rotatable bonds is 7. The minimum atomic E-state index is -0.722. The van der Waals surface area contributed by atoms with E-state index in [2.05, 4.69) is 22.2 Å². The van der Waals surface area contributed by atoms with Crippen molar-refractivity contribution in [3.63, 3.8) is 0 Å². The smallest absolute Gasteiger partial charge is 0.404 e. The fourth-order valence-corrected chi connectivity index (χ4v) is 1.94. The zero-order valence-electron chi connectivity index (χ0n) is 9.02. The average Bonchev–Trinajstić information content (AvgIpc) is 2.29. The molecule has 0 fully saturated rings. The van der Waals surface area contributed by atoms with E-state index in [0.29, 0.717) is 13.2 Å². The number of hydrogen-bond acceptors (Lipinski definition) is 4. The van der Waals surface area contributed by atoms with Gasteiger partial charge in [-0.15, -0.1) is 11.8 Å². The van der Waals surface area contributed by atoms with E-state index in [9.17, 15) is 4.79 Å². The minimum absolute atomic E-state index is 0.325. The standard InChI is InChI=1S/C11H16N2O2S/c12-11(14)15-8-6-13-7-9-16-10-4-2-1-3-5-10/h1-5,13H,6-9H2,(H2,12,14). The van der Waals surface area contributed by atoms with Gasteiger partial charge < -0.3 is 15.8 Å². The molecule has 0 radical (unpaired) electrons. The first-order valence-corrected chi connectivity index (χ1v) is 6.08. The zero-order valence-corrected chi connectivity index (χ0v) is 9.83. The van der Waals surface area contributed by atoms with Crippen LogP contribution in [0.15, 0.2) is 35.2 Å². The van der Waals surface area contributed by atoms with Crippen LogP contribution in [0.3, 0.4) is 0 Å². The third kappa shape index (κ3) is 6.31. The van der Waals surface area contributed by atoms with Gasteiger partial charge in [0.05, 0.1) is 0 Å². The normalized spacial score (nSPS) is 10.0. The lowest BCUT2D eigenvalue weighted by Crippen LogP contribution is -2.25. The van der Waals surface area contributed by atoms with E-state index in [1.54, 1.807) is 11.8 Å². The summed E-state index contributed by atoms with van der Waals surface area (Å²) in [5.74, 6) is 0.987. The lowest BCUT2D eigenvalue weighted by atomic mass is 10.4. The highest BCUT2D eigenvalue weighted by molar-refractivity contribution is 7.99. The Balaban J connectivity index is 1.94. The van der Waals surface area contributed by atoms with Crippen molar-refractivity contribution in [2.24, 2.45) is 5.73 Å². The van der Waals surface area contributed by atoms with Crippen LogP contribution in [0.25, 0.3) is 0 Å². The largest absolute Gasteiger partial charge is 0.448 e. The van der Waals surface area contributed by atoms with Crippen LogP contribution in [0.2, 0.25) is 0 Å². The molecular weight excluding hydrogens is 224 g/mol. The maximum atomic E-state index is 10.2. The topological polar surface area (TPSA) is 64.4 Å². The van der Waals surface area contributed by atoms with Crippen LogP contribution in [-0.2, 0) is 4.74 Å². The second-order valence-corrected chi connectivity index (χ2v) is 4.25. The summed E-state index contributed by atoms with van der Waals surface area (Å²) in [4.78, 5) is 11.5. The Morgan fingerprint density at radius 2 is 2.06 bits per heavy atom. The first-order chi connectivity index (χ1) is 7.79. The van der Waals surface area contributed by atoms with Gasteiger partial charge in [-0.3, -0.25) is 0 Å². The van der Waals surface area contributed by atoms with E-state index in [1.807, 2.05) is 18.2 Å². The molecule has 0 bridgehead atoms. The van der Waals surface area contributed by atoms with Gasteiger partial charge in [-0.05, 0) is 12.1 Å². The fraction of sp³-hybridized carbons (Fsp3) is 0.364. The number of primary amides is 1. The van der Waals surface area contributed by atoms with E-state index < -0.39 is 6.09 Å². The first-order valence-electron chi connectivity index (χ1n) is 5.10. The van der Waals surface area contributed by atoms with Crippen molar-refractivity contribution in [1.82, 2.24) is 5.32 Å². The van der Waals surface area contributed by atoms with Gasteiger partial charge in [0, 0.05) is 23.7 Å². The van der Waals surface area contributed by atoms with Crippen LogP contribution < -0.4 is 11.1 Å². The second-order valence-electron chi connectivity index (χ2n) is 3.08. The molecule has 0 aliphatic rings. The third-order valence-electron chi connectivity index (χ3n) is 1.81. The molecule has 88 valence electrons. The van der Waals surface area contributed by atoms with Crippen molar-refractivity contribution in [2.45, 2.75) is 4.90 Å². The predicted molar refractivity (Wildman–Crippen MR) is 65.6 cm³/mol. The zero-order chi connectivity index (χ0) is 11.6. The van der Waals surface area contributed by atoms with E-state index >= 15 is 0 Å². The molecule has 0 aromatic heterocycles. The number of carbonyl (C=O) groups is 1. The monoisotopic (exact) mass is 240 g/mol. The van der Waals surface area contributed by atoms with E-state index in [1.165, 1.54) is 4.90 Å². The van der Waals surface area contributed by atoms with Crippen molar-refractivity contribution < 1.29 is 9.53 Å². The second kappa shape index (κ2) is 8.01. The molecule has 0 atom stereocenters. The average molecular weight is 240 g/mol. The van der Waals surface area contributed by atoms with Crippen LogP contribution in [0, 0.1) is 0 Å². The van der Waals surface area contributed by atoms with Gasteiger partial charge >= 0.3 is 6.09 Å². The molecule has 0 aliphatic carbocycles. The SMILES string of the molecule is NC(=O)OCCNCCSc1ccccc1. The molecule has 0 aliphatic heterocycles. The molecule has 0 saturated carbocycles. The van der Waals surface area contributed by atoms with E-state index in [0.717, 1.165) is 12.3 Å². The number of nitrogens with one attached hydrogen (secondary N) is 1. The molecule has 0 saturated heterocycles. The summed E-state index contributed by atoms with van der Waals surface area (Å²) >= 11 is 1.79. The van der Waals surface area contributed by atoms with Crippen LogP contribution in [-0.4, -0.2) is 31.5 Å². The fourth-order valence-electron chi connectivity index (χ4n) is 1.11. The van der Waals surface area contributed by atoms with Gasteiger partial charge in [0.15, 0.2) is 0 Å². The van der Waals surface area contributed by atoms with Crippen molar-refractivity contribution in [3.05, 3.63) is 30.3 Å². The van der Waals surface area contributed by atoms with Crippen LogP contribution >= 0.6 is 11.8 Å². The molecule has 1 rings (SSSR count). The first kappa shape index (κ1) is 12.9.